The van der Waals surface area contributed by atoms with E-state index >= 15 is 0 Å². The number of nitrogens with one attached hydrogen (secondary N) is 11. The van der Waals surface area contributed by atoms with E-state index in [1.165, 1.54) is 17.6 Å². The molecule has 520 valence electrons. The second-order valence-electron chi connectivity index (χ2n) is 22.1. The molecule has 0 aromatic heterocycles. The van der Waals surface area contributed by atoms with E-state index in [-0.39, 0.29) is 136 Å². The number of carboxylic acid groups (broad SMARTS) is 1. The van der Waals surface area contributed by atoms with Crippen LogP contribution in [0.4, 0.5) is 11.5 Å². The monoisotopic (exact) mass is 1330 g/mol. The third-order valence-corrected chi connectivity index (χ3v) is 14.8. The first-order valence-corrected chi connectivity index (χ1v) is 29.9. The minimum Gasteiger partial charge on any atom is -0.504 e. The number of nitrogens with two attached hydrogens (primary N) is 2. The van der Waals surface area contributed by atoms with Crippen molar-refractivity contribution in [1.82, 2.24) is 62.5 Å². The van der Waals surface area contributed by atoms with Crippen molar-refractivity contribution in [3.63, 3.8) is 0 Å². The lowest BCUT2D eigenvalue weighted by atomic mass is 10.0. The van der Waals surface area contributed by atoms with Gasteiger partial charge in [-0.1, -0.05) is 0 Å². The van der Waals surface area contributed by atoms with E-state index in [1.807, 2.05) is 0 Å². The number of hydroxylamine groups is 4. The lowest BCUT2D eigenvalue weighted by Crippen LogP contribution is -2.62. The number of guanidine groups is 1. The third-order valence-electron chi connectivity index (χ3n) is 14.8. The molecule has 1 fully saturated rings. The Hall–Kier alpha value is -9.67. The van der Waals surface area contributed by atoms with Crippen molar-refractivity contribution in [2.75, 3.05) is 56.6 Å². The summed E-state index contributed by atoms with van der Waals surface area (Å²) in [7, 11) is 0. The molecular weight excluding hydrogens is 1250 g/mol. The Morgan fingerprint density at radius 1 is 0.702 bits per heavy atom. The number of aromatic hydroxyl groups is 1. The average molecular weight is 1330 g/mol. The van der Waals surface area contributed by atoms with Gasteiger partial charge in [-0.3, -0.25) is 83.1 Å². The number of carbonyl (C=O) groups is 13. The largest absolute Gasteiger partial charge is 0.504 e. The number of ketones is 1. The molecule has 1 unspecified atom stereocenters. The van der Waals surface area contributed by atoms with Crippen LogP contribution in [0.25, 0.3) is 11.3 Å². The number of aliphatic hydroxyl groups excluding tert-OH is 4. The zero-order chi connectivity index (χ0) is 69.9. The summed E-state index contributed by atoms with van der Waals surface area (Å²) in [5.41, 5.74) is 10.5. The standard InChI is InChI=1S/C55H83N17O22/c1-27(77)43-52(89)59-15-4-3-8-30(46(83)64-33(11-7-19-71(94)26-76)49(86)68-44(28(2)78)53(90)69-43)63-47(84)32(10-6-18-70(93)25-75)66-51(88)36(24-74)67-48(85)31(9-5-16-60-55(56)57)65-50(87)35(23-73)61-41-14-17-58-45-34(62-42(82)13-12-38(79)54(91)92)20-29-21-39(80)40(81)22-37(29)72(41)45/h20-22,25-28,30-33,35-36,41,43-44,58,61,73-74,77-78,80,93-94H,3-19,23-24H2,1-2H3,(H,59,89)(H,62,82)(H,63,84)(H,64,83)(H,65,87)(H,66,88)(H,67,85)(H,68,86)(H,69,90)(H,91,92)(H4,56,57,60)/t27-,28-,30+,31+,32+,33?,35-,36-,41+,43+,44+/m1/s1. The summed E-state index contributed by atoms with van der Waals surface area (Å²) in [6.45, 7) is -0.723. The minimum atomic E-state index is -1.94. The number of aliphatic hydroxyl groups is 4. The molecule has 0 bridgehead atoms. The van der Waals surface area contributed by atoms with Crippen LogP contribution in [0.2, 0.25) is 0 Å². The number of phenols is 1. The van der Waals surface area contributed by atoms with E-state index in [0.717, 1.165) is 19.1 Å². The Balaban J connectivity index is 1.64. The topological polar surface area (TPSA) is 609 Å². The zero-order valence-corrected chi connectivity index (χ0v) is 51.4. The normalized spacial score (nSPS) is 19.7. The van der Waals surface area contributed by atoms with Crippen molar-refractivity contribution < 1.29 is 103 Å². The highest BCUT2D eigenvalue weighted by atomic mass is 16.5. The van der Waals surface area contributed by atoms with E-state index in [0.29, 0.717) is 0 Å². The smallest absolute Gasteiger partial charge is 0.372 e. The summed E-state index contributed by atoms with van der Waals surface area (Å²) < 4.78 is 1.44. The van der Waals surface area contributed by atoms with Crippen LogP contribution < -0.4 is 75.4 Å². The molecule has 0 spiro atoms. The second kappa shape index (κ2) is 37.7. The van der Waals surface area contributed by atoms with Gasteiger partial charge in [0.25, 0.3) is 0 Å². The van der Waals surface area contributed by atoms with Gasteiger partial charge in [-0.15, -0.1) is 0 Å². The maximum absolute atomic E-state index is 14.4. The number of aliphatic imine (C=N–C) groups is 1. The number of amides is 11. The highest BCUT2D eigenvalue weighted by Crippen LogP contribution is 2.39. The van der Waals surface area contributed by atoms with Gasteiger partial charge in [0, 0.05) is 57.2 Å². The van der Waals surface area contributed by atoms with Crippen molar-refractivity contribution in [2.45, 2.75) is 158 Å². The molecule has 4 rings (SSSR count). The number of anilines is 2. The highest BCUT2D eigenvalue weighted by molar-refractivity contribution is 6.33. The first kappa shape index (κ1) is 76.8. The van der Waals surface area contributed by atoms with Crippen LogP contribution in [0.5, 0.6) is 5.75 Å². The van der Waals surface area contributed by atoms with Gasteiger partial charge >= 0.3 is 5.97 Å². The summed E-state index contributed by atoms with van der Waals surface area (Å²) >= 11 is 0. The molecule has 11 atom stereocenters. The van der Waals surface area contributed by atoms with Crippen LogP contribution in [0.15, 0.2) is 28.0 Å². The Kier molecular flexibility index (Phi) is 30.8. The molecule has 0 aromatic rings. The van der Waals surface area contributed by atoms with Gasteiger partial charge in [-0.05, 0) is 90.2 Å². The number of pyridine rings is 1. The molecule has 3 aliphatic heterocycles. The number of phenolic OH excluding ortho intramolecular Hbond substituents is 1. The van der Waals surface area contributed by atoms with Crippen LogP contribution in [-0.2, 0) is 62.3 Å². The van der Waals surface area contributed by atoms with Crippen LogP contribution >= 0.6 is 0 Å². The predicted molar refractivity (Wildman–Crippen MR) is 324 cm³/mol. The molecule has 39 heteroatoms. The van der Waals surface area contributed by atoms with Gasteiger partial charge in [0.05, 0.1) is 43.0 Å². The van der Waals surface area contributed by atoms with E-state index < -0.39 is 182 Å². The van der Waals surface area contributed by atoms with Gasteiger partial charge in [0.15, 0.2) is 11.7 Å². The summed E-state index contributed by atoms with van der Waals surface area (Å²) in [4.78, 5) is 187. The second-order valence-corrected chi connectivity index (χ2v) is 22.1. The summed E-state index contributed by atoms with van der Waals surface area (Å²) in [6.07, 6.45) is -6.80. The molecule has 39 nitrogen and oxygen atoms in total. The molecule has 0 saturated carbocycles. The van der Waals surface area contributed by atoms with Crippen LogP contribution in [-0.4, -0.2) is 246 Å². The zero-order valence-electron chi connectivity index (χ0n) is 51.4. The molecular formula is C55H83N17O22. The summed E-state index contributed by atoms with van der Waals surface area (Å²) in [6, 6.07) is -10.0. The highest BCUT2D eigenvalue weighted by Gasteiger charge is 2.38. The van der Waals surface area contributed by atoms with Crippen molar-refractivity contribution in [2.24, 2.45) is 16.5 Å². The summed E-state index contributed by atoms with van der Waals surface area (Å²) in [5.74, 6) is -13.4. The van der Waals surface area contributed by atoms with Gasteiger partial charge in [-0.2, -0.15) is 0 Å². The molecule has 23 N–H and O–H groups in total. The maximum atomic E-state index is 14.4. The van der Waals surface area contributed by atoms with Gasteiger partial charge in [-0.25, -0.2) is 14.9 Å². The van der Waals surface area contributed by atoms with Crippen molar-refractivity contribution in [3.05, 3.63) is 28.4 Å². The lowest BCUT2D eigenvalue weighted by molar-refractivity contribution is -0.150. The number of hydrogen-bond acceptors (Lipinski definition) is 24. The SMILES string of the molecule is C[C@@H](O)[C@@H]1NC(=O)C(CCCN(O)C=O)NC(=O)[C@@H](NC(=O)[C@H](CCCN(O)C=O)NC(=O)[C@@H](CO)NC(=O)[C@H](CCCN=C(N)N)NC(=O)[C@@H](CO)N[C@@H]2CCNc3c(NC(=O)CCC(=O)C(=O)O)cc4cc(O)c(=O)cc-4n32)CCCCNC(=O)[C@H]([C@@H](C)O)NC1=O. The third kappa shape index (κ3) is 23.5. The number of rotatable bonds is 33. The summed E-state index contributed by atoms with van der Waals surface area (Å²) in [5, 5.41) is 110. The molecule has 11 amide bonds. The molecule has 1 saturated heterocycles. The Bertz CT molecular complexity index is 3090. The quantitative estimate of drug-likeness (QED) is 0.00600. The van der Waals surface area contributed by atoms with Crippen molar-refractivity contribution >= 4 is 95.2 Å². The number of carboxylic acids is 1. The predicted octanol–water partition coefficient (Wildman–Crippen LogP) is -7.95. The Labute approximate surface area is 535 Å². The molecule has 4 aliphatic rings. The van der Waals surface area contributed by atoms with E-state index in [2.05, 4.69) is 63.5 Å². The number of aliphatic carboxylic acids is 1. The number of carbonyl (C=O) groups excluding carboxylic acids is 12. The molecule has 1 aliphatic carbocycles. The molecule has 0 aromatic carbocycles. The van der Waals surface area contributed by atoms with E-state index in [9.17, 15) is 103 Å². The number of nitrogens with zero attached hydrogens (tertiary/aromatic N) is 4. The van der Waals surface area contributed by atoms with Crippen LogP contribution in [0.3, 0.4) is 0 Å². The maximum Gasteiger partial charge on any atom is 0.372 e. The molecule has 0 radical (unpaired) electrons. The fourth-order valence-corrected chi connectivity index (χ4v) is 9.83. The van der Waals surface area contributed by atoms with Gasteiger partial charge in [0.2, 0.25) is 77.2 Å². The molecule has 3 heterocycles. The first-order chi connectivity index (χ1) is 44.5. The van der Waals surface area contributed by atoms with Gasteiger partial charge in [0.1, 0.15) is 54.2 Å². The van der Waals surface area contributed by atoms with Crippen LogP contribution in [0.1, 0.15) is 97.1 Å². The Morgan fingerprint density at radius 3 is 1.90 bits per heavy atom. The van der Waals surface area contributed by atoms with E-state index in [1.54, 1.807) is 0 Å². The number of fused-ring (bicyclic) bond motifs is 3. The lowest BCUT2D eigenvalue weighted by Gasteiger charge is -2.36. The Morgan fingerprint density at radius 2 is 1.29 bits per heavy atom. The van der Waals surface area contributed by atoms with Crippen molar-refractivity contribution in [1.29, 1.82) is 0 Å². The first-order valence-electron chi connectivity index (χ1n) is 29.9. The minimum absolute atomic E-state index is 0.0268. The van der Waals surface area contributed by atoms with Crippen LogP contribution in [0, 0.1) is 0 Å². The molecule has 94 heavy (non-hydrogen) atoms. The van der Waals surface area contributed by atoms with Crippen molar-refractivity contribution in [3.8, 4) is 17.0 Å². The number of aromatic nitrogens is 1. The fourth-order valence-electron chi connectivity index (χ4n) is 9.83. The average Bonchev–Trinajstić information content (AvgIpc) is 0.757. The van der Waals surface area contributed by atoms with E-state index in [4.69, 9.17) is 16.6 Å². The number of benzene rings is 1. The number of hydrogen-bond donors (Lipinski definition) is 21. The van der Waals surface area contributed by atoms with Gasteiger partial charge < -0.3 is 99.8 Å². The fraction of sp³-hybridized carbons (Fsp3) is 0.582. The number of Topliss-reactive ketones (excluding diaryl/α,β-unsaturated/α-hetero) is 1.